The Hall–Kier alpha value is -1.60. The summed E-state index contributed by atoms with van der Waals surface area (Å²) in [6.45, 7) is 5.40. The first-order chi connectivity index (χ1) is 8.40. The number of H-pyrrole nitrogens is 1. The molecule has 0 aromatic carbocycles. The highest BCUT2D eigenvalue weighted by Crippen LogP contribution is 2.22. The van der Waals surface area contributed by atoms with Gasteiger partial charge in [0.1, 0.15) is 11.5 Å². The van der Waals surface area contributed by atoms with Gasteiger partial charge in [-0.1, -0.05) is 0 Å². The molecule has 0 amide bonds. The molecule has 2 aromatic rings. The van der Waals surface area contributed by atoms with Crippen LogP contribution < -0.4 is 4.72 Å². The van der Waals surface area contributed by atoms with Gasteiger partial charge < -0.3 is 4.42 Å². The highest BCUT2D eigenvalue weighted by atomic mass is 32.2. The van der Waals surface area contributed by atoms with Gasteiger partial charge in [0, 0.05) is 11.6 Å². The predicted molar refractivity (Wildman–Crippen MR) is 65.5 cm³/mol. The van der Waals surface area contributed by atoms with Gasteiger partial charge in [-0.25, -0.2) is 13.1 Å². The van der Waals surface area contributed by atoms with Crippen molar-refractivity contribution in [2.75, 3.05) is 0 Å². The average Bonchev–Trinajstić information content (AvgIpc) is 2.86. The molecule has 0 bridgehead atoms. The third-order valence-electron chi connectivity index (χ3n) is 2.64. The molecule has 0 saturated carbocycles. The standard InChI is InChI=1S/C11H15N3O3S/c1-7-6-10(9(3)17-7)8(2)14-18(15,16)11-4-5-12-13-11/h4-6,8,14H,1-3H3,(H,12,13). The smallest absolute Gasteiger partial charge is 0.258 e. The predicted octanol–water partition coefficient (Wildman–Crippen LogP) is 1.66. The van der Waals surface area contributed by atoms with Crippen LogP contribution in [0, 0.1) is 13.8 Å². The lowest BCUT2D eigenvalue weighted by molar-refractivity contribution is 0.496. The lowest BCUT2D eigenvalue weighted by atomic mass is 10.1. The van der Waals surface area contributed by atoms with Crippen molar-refractivity contribution < 1.29 is 12.8 Å². The van der Waals surface area contributed by atoms with Gasteiger partial charge in [-0.3, -0.25) is 5.10 Å². The van der Waals surface area contributed by atoms with Crippen molar-refractivity contribution in [2.45, 2.75) is 31.8 Å². The van der Waals surface area contributed by atoms with E-state index >= 15 is 0 Å². The van der Waals surface area contributed by atoms with E-state index in [0.717, 1.165) is 11.3 Å². The first kappa shape index (κ1) is 12.8. The van der Waals surface area contributed by atoms with Crippen molar-refractivity contribution >= 4 is 10.0 Å². The lowest BCUT2D eigenvalue weighted by Gasteiger charge is -2.12. The van der Waals surface area contributed by atoms with E-state index in [4.69, 9.17) is 4.42 Å². The molecular weight excluding hydrogens is 254 g/mol. The summed E-state index contributed by atoms with van der Waals surface area (Å²) in [5.74, 6) is 1.47. The number of furan rings is 1. The summed E-state index contributed by atoms with van der Waals surface area (Å²) in [6.07, 6.45) is 1.40. The van der Waals surface area contributed by atoms with E-state index in [1.54, 1.807) is 6.92 Å². The number of aryl methyl sites for hydroxylation is 2. The average molecular weight is 269 g/mol. The SMILES string of the molecule is Cc1cc(C(C)NS(=O)(=O)c2ccn[nH]2)c(C)o1. The number of aromatic amines is 1. The summed E-state index contributed by atoms with van der Waals surface area (Å²) in [5, 5.41) is 6.11. The number of hydrogen-bond donors (Lipinski definition) is 2. The molecule has 0 spiro atoms. The molecule has 1 unspecified atom stereocenters. The van der Waals surface area contributed by atoms with Crippen LogP contribution in [0.5, 0.6) is 0 Å². The molecule has 6 nitrogen and oxygen atoms in total. The third kappa shape index (κ3) is 2.46. The molecular formula is C11H15N3O3S. The molecule has 2 N–H and O–H groups in total. The van der Waals surface area contributed by atoms with E-state index in [1.807, 2.05) is 19.9 Å². The first-order valence-electron chi connectivity index (χ1n) is 5.49. The van der Waals surface area contributed by atoms with Gasteiger partial charge >= 0.3 is 0 Å². The number of sulfonamides is 1. The minimum Gasteiger partial charge on any atom is -0.466 e. The van der Waals surface area contributed by atoms with Crippen molar-refractivity contribution in [3.8, 4) is 0 Å². The fourth-order valence-electron chi connectivity index (χ4n) is 1.83. The maximum Gasteiger partial charge on any atom is 0.258 e. The van der Waals surface area contributed by atoms with Gasteiger partial charge in [-0.15, -0.1) is 0 Å². The number of hydrogen-bond acceptors (Lipinski definition) is 4. The zero-order chi connectivity index (χ0) is 13.3. The summed E-state index contributed by atoms with van der Waals surface area (Å²) in [6, 6.07) is 2.87. The normalized spacial score (nSPS) is 13.7. The van der Waals surface area contributed by atoms with Crippen LogP contribution in [-0.4, -0.2) is 18.6 Å². The topological polar surface area (TPSA) is 88.0 Å². The zero-order valence-corrected chi connectivity index (χ0v) is 11.2. The Bertz CT molecular complexity index is 629. The fourth-order valence-corrected chi connectivity index (χ4v) is 2.97. The molecule has 7 heteroatoms. The highest BCUT2D eigenvalue weighted by Gasteiger charge is 2.21. The summed E-state index contributed by atoms with van der Waals surface area (Å²) in [7, 11) is -3.58. The number of nitrogens with zero attached hydrogens (tertiary/aromatic N) is 1. The van der Waals surface area contributed by atoms with Gasteiger partial charge in [0.25, 0.3) is 10.0 Å². The summed E-state index contributed by atoms with van der Waals surface area (Å²) < 4.78 is 31.9. The Labute approximate surface area is 105 Å². The summed E-state index contributed by atoms with van der Waals surface area (Å²) in [5.41, 5.74) is 0.829. The van der Waals surface area contributed by atoms with E-state index in [9.17, 15) is 8.42 Å². The van der Waals surface area contributed by atoms with Gasteiger partial charge in [0.2, 0.25) is 0 Å². The first-order valence-corrected chi connectivity index (χ1v) is 6.97. The zero-order valence-electron chi connectivity index (χ0n) is 10.4. The minimum atomic E-state index is -3.58. The fraction of sp³-hybridized carbons (Fsp3) is 0.364. The lowest BCUT2D eigenvalue weighted by Crippen LogP contribution is -2.27. The Balaban J connectivity index is 2.22. The molecule has 0 aliphatic rings. The number of nitrogens with one attached hydrogen (secondary N) is 2. The maximum absolute atomic E-state index is 12.0. The van der Waals surface area contributed by atoms with E-state index in [2.05, 4.69) is 14.9 Å². The molecule has 2 heterocycles. The van der Waals surface area contributed by atoms with E-state index in [-0.39, 0.29) is 11.1 Å². The van der Waals surface area contributed by atoms with Gasteiger partial charge in [0.15, 0.2) is 5.03 Å². The second-order valence-electron chi connectivity index (χ2n) is 4.13. The highest BCUT2D eigenvalue weighted by molar-refractivity contribution is 7.89. The molecule has 18 heavy (non-hydrogen) atoms. The van der Waals surface area contributed by atoms with Crippen LogP contribution in [-0.2, 0) is 10.0 Å². The van der Waals surface area contributed by atoms with Gasteiger partial charge in [-0.05, 0) is 32.9 Å². The molecule has 2 rings (SSSR count). The molecule has 0 aliphatic heterocycles. The largest absolute Gasteiger partial charge is 0.466 e. The molecule has 1 atom stereocenters. The van der Waals surface area contributed by atoms with E-state index < -0.39 is 10.0 Å². The van der Waals surface area contributed by atoms with Crippen LogP contribution in [0.15, 0.2) is 27.8 Å². The molecule has 0 radical (unpaired) electrons. The molecule has 0 saturated heterocycles. The van der Waals surface area contributed by atoms with Crippen molar-refractivity contribution in [3.63, 3.8) is 0 Å². The van der Waals surface area contributed by atoms with Crippen LogP contribution in [0.4, 0.5) is 0 Å². The second kappa shape index (κ2) is 4.58. The molecule has 0 fully saturated rings. The number of aromatic nitrogens is 2. The van der Waals surface area contributed by atoms with Crippen LogP contribution >= 0.6 is 0 Å². The Morgan fingerprint density at radius 2 is 2.17 bits per heavy atom. The van der Waals surface area contributed by atoms with Crippen LogP contribution in [0.25, 0.3) is 0 Å². The monoisotopic (exact) mass is 269 g/mol. The van der Waals surface area contributed by atoms with Gasteiger partial charge in [0.05, 0.1) is 6.20 Å². The van der Waals surface area contributed by atoms with Crippen molar-refractivity contribution in [1.29, 1.82) is 0 Å². The van der Waals surface area contributed by atoms with Crippen LogP contribution in [0.2, 0.25) is 0 Å². The van der Waals surface area contributed by atoms with E-state index in [1.165, 1.54) is 12.3 Å². The Kier molecular flexibility index (Phi) is 3.27. The molecule has 0 aliphatic carbocycles. The number of rotatable bonds is 4. The van der Waals surface area contributed by atoms with E-state index in [0.29, 0.717) is 5.76 Å². The Morgan fingerprint density at radius 3 is 2.67 bits per heavy atom. The van der Waals surface area contributed by atoms with Crippen molar-refractivity contribution in [1.82, 2.24) is 14.9 Å². The van der Waals surface area contributed by atoms with Gasteiger partial charge in [-0.2, -0.15) is 5.10 Å². The van der Waals surface area contributed by atoms with Crippen molar-refractivity contribution in [3.05, 3.63) is 35.4 Å². The summed E-state index contributed by atoms with van der Waals surface area (Å²) >= 11 is 0. The molecule has 2 aromatic heterocycles. The summed E-state index contributed by atoms with van der Waals surface area (Å²) in [4.78, 5) is 0. The second-order valence-corrected chi connectivity index (χ2v) is 5.81. The minimum absolute atomic E-state index is 0.0484. The Morgan fingerprint density at radius 1 is 1.44 bits per heavy atom. The van der Waals surface area contributed by atoms with Crippen LogP contribution in [0.1, 0.15) is 30.0 Å². The van der Waals surface area contributed by atoms with Crippen LogP contribution in [0.3, 0.4) is 0 Å². The molecule has 98 valence electrons. The third-order valence-corrected chi connectivity index (χ3v) is 4.11. The maximum atomic E-state index is 12.0. The van der Waals surface area contributed by atoms with Crippen molar-refractivity contribution in [2.24, 2.45) is 0 Å². The quantitative estimate of drug-likeness (QED) is 0.883.